The second-order valence-electron chi connectivity index (χ2n) is 7.48. The third kappa shape index (κ3) is 4.12. The monoisotopic (exact) mass is 378 g/mol. The molecule has 2 aliphatic rings. The Bertz CT molecular complexity index is 698. The predicted molar refractivity (Wildman–Crippen MR) is 98.2 cm³/mol. The van der Waals surface area contributed by atoms with E-state index in [-0.39, 0.29) is 5.56 Å². The molecule has 1 aromatic carbocycles. The summed E-state index contributed by atoms with van der Waals surface area (Å²) in [6, 6.07) is 8.14. The Morgan fingerprint density at radius 2 is 1.67 bits per heavy atom. The highest BCUT2D eigenvalue weighted by Gasteiger charge is 2.51. The minimum atomic E-state index is -2.73. The maximum absolute atomic E-state index is 15.4. The maximum atomic E-state index is 15.4. The number of rotatable bonds is 5. The van der Waals surface area contributed by atoms with Crippen LogP contribution in [0.4, 0.5) is 13.2 Å². The molecule has 27 heavy (non-hydrogen) atoms. The highest BCUT2D eigenvalue weighted by atomic mass is 19.2. The smallest absolute Gasteiger partial charge is 0.339 e. The van der Waals surface area contributed by atoms with Gasteiger partial charge in [0.15, 0.2) is 0 Å². The Morgan fingerprint density at radius 1 is 1.07 bits per heavy atom. The molecular formula is C22H25F3O2. The lowest BCUT2D eigenvalue weighted by atomic mass is 9.71. The third-order valence-corrected chi connectivity index (χ3v) is 5.68. The second kappa shape index (κ2) is 8.32. The number of ether oxygens (including phenoxy) is 1. The summed E-state index contributed by atoms with van der Waals surface area (Å²) in [7, 11) is 0. The SMILES string of the molecule is CCCC1CCC(C2(F)C(F)=CC(OC(=O)c3ccccc3)C=C2F)CC1. The molecular weight excluding hydrogens is 353 g/mol. The molecule has 0 aromatic heterocycles. The fraction of sp³-hybridized carbons (Fsp3) is 0.500. The Kier molecular flexibility index (Phi) is 6.08. The van der Waals surface area contributed by atoms with E-state index in [1.165, 1.54) is 0 Å². The molecule has 1 saturated carbocycles. The van der Waals surface area contributed by atoms with E-state index >= 15 is 4.39 Å². The quantitative estimate of drug-likeness (QED) is 0.566. The summed E-state index contributed by atoms with van der Waals surface area (Å²) >= 11 is 0. The number of halogens is 3. The summed E-state index contributed by atoms with van der Waals surface area (Å²) in [6.07, 6.45) is 5.13. The van der Waals surface area contributed by atoms with Crippen molar-refractivity contribution in [3.63, 3.8) is 0 Å². The number of carbonyl (C=O) groups is 1. The zero-order valence-corrected chi connectivity index (χ0v) is 15.5. The number of hydrogen-bond acceptors (Lipinski definition) is 2. The fourth-order valence-corrected chi connectivity index (χ4v) is 4.17. The first kappa shape index (κ1) is 19.7. The number of alkyl halides is 1. The van der Waals surface area contributed by atoms with E-state index in [1.807, 2.05) is 0 Å². The van der Waals surface area contributed by atoms with Crippen LogP contribution in [-0.4, -0.2) is 17.7 Å². The molecule has 2 nitrogen and oxygen atoms in total. The predicted octanol–water partition coefficient (Wildman–Crippen LogP) is 6.25. The van der Waals surface area contributed by atoms with Crippen molar-refractivity contribution >= 4 is 5.97 Å². The van der Waals surface area contributed by atoms with E-state index < -0.39 is 35.3 Å². The van der Waals surface area contributed by atoms with Gasteiger partial charge in [-0.05, 0) is 43.0 Å². The number of hydrogen-bond donors (Lipinski definition) is 0. The molecule has 0 bridgehead atoms. The number of carbonyl (C=O) groups excluding carboxylic acids is 1. The molecule has 0 amide bonds. The van der Waals surface area contributed by atoms with Gasteiger partial charge in [0.25, 0.3) is 0 Å². The van der Waals surface area contributed by atoms with E-state index in [2.05, 4.69) is 6.92 Å². The number of esters is 1. The van der Waals surface area contributed by atoms with Gasteiger partial charge in [0.05, 0.1) is 5.56 Å². The van der Waals surface area contributed by atoms with Gasteiger partial charge in [-0.2, -0.15) is 0 Å². The van der Waals surface area contributed by atoms with Crippen LogP contribution in [0.1, 0.15) is 55.8 Å². The Morgan fingerprint density at radius 3 is 2.22 bits per heavy atom. The summed E-state index contributed by atoms with van der Waals surface area (Å²) < 4.78 is 49.7. The highest BCUT2D eigenvalue weighted by Crippen LogP contribution is 2.49. The Balaban J connectivity index is 1.69. The third-order valence-electron chi connectivity index (χ3n) is 5.68. The minimum absolute atomic E-state index is 0.270. The van der Waals surface area contributed by atoms with Gasteiger partial charge in [0.1, 0.15) is 17.8 Å². The van der Waals surface area contributed by atoms with Gasteiger partial charge in [0, 0.05) is 5.92 Å². The van der Waals surface area contributed by atoms with Crippen LogP contribution in [0, 0.1) is 11.8 Å². The van der Waals surface area contributed by atoms with Crippen molar-refractivity contribution in [2.24, 2.45) is 11.8 Å². The topological polar surface area (TPSA) is 26.3 Å². The maximum Gasteiger partial charge on any atom is 0.339 e. The molecule has 0 unspecified atom stereocenters. The molecule has 0 saturated heterocycles. The van der Waals surface area contributed by atoms with Gasteiger partial charge in [-0.25, -0.2) is 18.0 Å². The van der Waals surface area contributed by atoms with Crippen LogP contribution in [0.5, 0.6) is 0 Å². The van der Waals surface area contributed by atoms with Crippen molar-refractivity contribution in [1.82, 2.24) is 0 Å². The van der Waals surface area contributed by atoms with Crippen molar-refractivity contribution in [2.75, 3.05) is 0 Å². The zero-order valence-electron chi connectivity index (χ0n) is 15.5. The van der Waals surface area contributed by atoms with E-state index in [4.69, 9.17) is 4.74 Å². The summed E-state index contributed by atoms with van der Waals surface area (Å²) in [4.78, 5) is 12.1. The first-order valence-corrected chi connectivity index (χ1v) is 9.65. The molecule has 5 heteroatoms. The van der Waals surface area contributed by atoms with E-state index in [0.717, 1.165) is 37.8 Å². The van der Waals surface area contributed by atoms with Crippen LogP contribution >= 0.6 is 0 Å². The summed E-state index contributed by atoms with van der Waals surface area (Å²) in [6.45, 7) is 2.10. The van der Waals surface area contributed by atoms with Crippen LogP contribution in [0.2, 0.25) is 0 Å². The molecule has 0 radical (unpaired) electrons. The molecule has 146 valence electrons. The minimum Gasteiger partial charge on any atom is -0.450 e. The lowest BCUT2D eigenvalue weighted by molar-refractivity contribution is 0.0371. The zero-order chi connectivity index (χ0) is 19.4. The molecule has 1 aromatic rings. The van der Waals surface area contributed by atoms with Crippen LogP contribution in [0.15, 0.2) is 54.1 Å². The van der Waals surface area contributed by atoms with E-state index in [1.54, 1.807) is 30.3 Å². The summed E-state index contributed by atoms with van der Waals surface area (Å²) in [5.74, 6) is -3.29. The summed E-state index contributed by atoms with van der Waals surface area (Å²) in [5.41, 5.74) is -2.46. The average molecular weight is 378 g/mol. The fourth-order valence-electron chi connectivity index (χ4n) is 4.17. The Hall–Kier alpha value is -2.04. The first-order chi connectivity index (χ1) is 12.9. The number of allylic oxidation sites excluding steroid dienone is 2. The molecule has 0 spiro atoms. The number of benzene rings is 1. The van der Waals surface area contributed by atoms with Crippen molar-refractivity contribution in [3.05, 3.63) is 59.7 Å². The van der Waals surface area contributed by atoms with Gasteiger partial charge in [-0.3, -0.25) is 0 Å². The van der Waals surface area contributed by atoms with E-state index in [9.17, 15) is 13.6 Å². The lowest BCUT2D eigenvalue weighted by Crippen LogP contribution is -2.40. The Labute approximate surface area is 158 Å². The van der Waals surface area contributed by atoms with Crippen molar-refractivity contribution < 1.29 is 22.7 Å². The van der Waals surface area contributed by atoms with Gasteiger partial charge in [-0.15, -0.1) is 0 Å². The van der Waals surface area contributed by atoms with Gasteiger partial charge < -0.3 is 4.74 Å². The van der Waals surface area contributed by atoms with Crippen LogP contribution in [-0.2, 0) is 4.74 Å². The van der Waals surface area contributed by atoms with Gasteiger partial charge >= 0.3 is 5.97 Å². The molecule has 2 aliphatic carbocycles. The normalized spacial score (nSPS) is 31.0. The van der Waals surface area contributed by atoms with Crippen molar-refractivity contribution in [2.45, 2.75) is 57.2 Å². The lowest BCUT2D eigenvalue weighted by Gasteiger charge is -2.38. The van der Waals surface area contributed by atoms with Crippen LogP contribution in [0.25, 0.3) is 0 Å². The van der Waals surface area contributed by atoms with Gasteiger partial charge in [0.2, 0.25) is 5.67 Å². The molecule has 3 rings (SSSR count). The van der Waals surface area contributed by atoms with Crippen LogP contribution in [0.3, 0.4) is 0 Å². The molecule has 0 aliphatic heterocycles. The summed E-state index contributed by atoms with van der Waals surface area (Å²) in [5, 5.41) is 0. The van der Waals surface area contributed by atoms with E-state index in [0.29, 0.717) is 18.8 Å². The van der Waals surface area contributed by atoms with Crippen molar-refractivity contribution in [3.8, 4) is 0 Å². The molecule has 1 fully saturated rings. The standard InChI is InChI=1S/C22H25F3O2/c1-2-6-15-9-11-17(12-10-15)22(25)19(23)13-18(14-20(22)24)27-21(26)16-7-4-3-5-8-16/h3-5,7-8,13-15,17-18H,2,6,9-12H2,1H3. The average Bonchev–Trinajstić information content (AvgIpc) is 2.67. The second-order valence-corrected chi connectivity index (χ2v) is 7.48. The van der Waals surface area contributed by atoms with Crippen molar-refractivity contribution in [1.29, 1.82) is 0 Å². The largest absolute Gasteiger partial charge is 0.450 e. The molecule has 0 N–H and O–H groups in total. The molecule has 0 atom stereocenters. The first-order valence-electron chi connectivity index (χ1n) is 9.65. The van der Waals surface area contributed by atoms with Gasteiger partial charge in [-0.1, -0.05) is 50.8 Å². The molecule has 0 heterocycles. The highest BCUT2D eigenvalue weighted by molar-refractivity contribution is 5.89. The van der Waals surface area contributed by atoms with Crippen LogP contribution < -0.4 is 0 Å².